The van der Waals surface area contributed by atoms with E-state index in [1.54, 1.807) is 48.5 Å². The van der Waals surface area contributed by atoms with Crippen LogP contribution in [-0.2, 0) is 0 Å². The van der Waals surface area contributed by atoms with Gasteiger partial charge in [0.2, 0.25) is 0 Å². The van der Waals surface area contributed by atoms with Crippen molar-refractivity contribution in [2.45, 2.75) is 6.17 Å². The molecule has 5 rings (SSSR count). The van der Waals surface area contributed by atoms with Crippen LogP contribution < -0.4 is 19.7 Å². The summed E-state index contributed by atoms with van der Waals surface area (Å²) >= 11 is 0. The Morgan fingerprint density at radius 3 is 2.59 bits per heavy atom. The number of anilines is 2. The number of fused-ring (bicyclic) bond motifs is 2. The minimum atomic E-state index is -0.730. The molecule has 0 aliphatic carbocycles. The molecule has 3 N–H and O–H groups in total. The monoisotopic (exact) mass is 390 g/mol. The second-order valence-electron chi connectivity index (χ2n) is 6.81. The summed E-state index contributed by atoms with van der Waals surface area (Å²) in [7, 11) is 0. The standard InChI is InChI=1S/C22H18N2O5/c25-17-7-3-5-15(20(17)26)21-23-16-6-2-1-4-14(16)22(27)24(21)13-8-9-18-19(12-13)29-11-10-28-18/h1-9,12,21,23,25-26H,10-11H2/t21-/m0/s1. The van der Waals surface area contributed by atoms with Crippen molar-refractivity contribution in [2.24, 2.45) is 0 Å². The third kappa shape index (κ3) is 2.79. The summed E-state index contributed by atoms with van der Waals surface area (Å²) in [4.78, 5) is 15.0. The number of hydrogen-bond donors (Lipinski definition) is 3. The maximum absolute atomic E-state index is 13.4. The molecule has 7 nitrogen and oxygen atoms in total. The molecule has 3 aromatic rings. The first-order valence-corrected chi connectivity index (χ1v) is 9.23. The van der Waals surface area contributed by atoms with Crippen LogP contribution in [0.5, 0.6) is 23.0 Å². The van der Waals surface area contributed by atoms with Crippen LogP contribution in [-0.4, -0.2) is 29.3 Å². The molecular formula is C22H18N2O5. The van der Waals surface area contributed by atoms with Crippen LogP contribution in [0.3, 0.4) is 0 Å². The molecule has 0 spiro atoms. The number of nitrogens with zero attached hydrogens (tertiary/aromatic N) is 1. The van der Waals surface area contributed by atoms with Gasteiger partial charge in [0.25, 0.3) is 5.91 Å². The van der Waals surface area contributed by atoms with E-state index in [9.17, 15) is 15.0 Å². The minimum Gasteiger partial charge on any atom is -0.504 e. The number of nitrogens with one attached hydrogen (secondary N) is 1. The molecule has 0 fully saturated rings. The fourth-order valence-electron chi connectivity index (χ4n) is 3.69. The molecule has 2 heterocycles. The van der Waals surface area contributed by atoms with Crippen molar-refractivity contribution in [3.8, 4) is 23.0 Å². The second-order valence-corrected chi connectivity index (χ2v) is 6.81. The van der Waals surface area contributed by atoms with Gasteiger partial charge in [-0.3, -0.25) is 9.69 Å². The molecule has 0 radical (unpaired) electrons. The van der Waals surface area contributed by atoms with Gasteiger partial charge in [-0.1, -0.05) is 24.3 Å². The summed E-state index contributed by atoms with van der Waals surface area (Å²) in [6, 6.07) is 17.1. The Labute approximate surface area is 166 Å². The SMILES string of the molecule is O=C1c2ccccc2N[C@H](c2cccc(O)c2O)N1c1ccc2c(c1)OCCO2. The number of para-hydroxylation sites is 2. The quantitative estimate of drug-likeness (QED) is 0.579. The van der Waals surface area contributed by atoms with Gasteiger partial charge in [-0.05, 0) is 30.3 Å². The fraction of sp³-hybridized carbons (Fsp3) is 0.136. The summed E-state index contributed by atoms with van der Waals surface area (Å²) in [6.45, 7) is 0.909. The van der Waals surface area contributed by atoms with E-state index in [1.165, 1.54) is 11.0 Å². The van der Waals surface area contributed by atoms with Gasteiger partial charge < -0.3 is 25.0 Å². The Kier molecular flexibility index (Phi) is 3.94. The van der Waals surface area contributed by atoms with Crippen molar-refractivity contribution in [1.82, 2.24) is 0 Å². The smallest absolute Gasteiger partial charge is 0.262 e. The summed E-state index contributed by atoms with van der Waals surface area (Å²) in [6.07, 6.45) is -0.730. The Bertz CT molecular complexity index is 1110. The van der Waals surface area contributed by atoms with Gasteiger partial charge in [0.05, 0.1) is 11.3 Å². The van der Waals surface area contributed by atoms with Crippen molar-refractivity contribution < 1.29 is 24.5 Å². The zero-order valence-corrected chi connectivity index (χ0v) is 15.3. The van der Waals surface area contributed by atoms with Gasteiger partial charge in [0, 0.05) is 17.3 Å². The number of phenols is 2. The molecule has 0 saturated heterocycles. The van der Waals surface area contributed by atoms with Crippen LogP contribution in [0, 0.1) is 0 Å². The molecule has 0 bridgehead atoms. The number of carbonyl (C=O) groups excluding carboxylic acids is 1. The molecule has 0 aromatic heterocycles. The van der Waals surface area contributed by atoms with E-state index in [-0.39, 0.29) is 17.4 Å². The lowest BCUT2D eigenvalue weighted by molar-refractivity contribution is 0.0974. The molecule has 7 heteroatoms. The lowest BCUT2D eigenvalue weighted by Gasteiger charge is -2.38. The highest BCUT2D eigenvalue weighted by Crippen LogP contribution is 2.43. The van der Waals surface area contributed by atoms with Crippen molar-refractivity contribution in [3.05, 3.63) is 71.8 Å². The Morgan fingerprint density at radius 1 is 0.931 bits per heavy atom. The first-order chi connectivity index (χ1) is 14.1. The maximum Gasteiger partial charge on any atom is 0.262 e. The average molecular weight is 390 g/mol. The maximum atomic E-state index is 13.4. The normalized spacial score (nSPS) is 17.4. The van der Waals surface area contributed by atoms with E-state index in [1.807, 2.05) is 6.07 Å². The first-order valence-electron chi connectivity index (χ1n) is 9.23. The van der Waals surface area contributed by atoms with E-state index in [0.717, 1.165) is 0 Å². The van der Waals surface area contributed by atoms with Crippen LogP contribution in [0.4, 0.5) is 11.4 Å². The Hall–Kier alpha value is -3.87. The Balaban J connectivity index is 1.67. The van der Waals surface area contributed by atoms with Crippen LogP contribution in [0.15, 0.2) is 60.7 Å². The number of hydrogen-bond acceptors (Lipinski definition) is 6. The topological polar surface area (TPSA) is 91.3 Å². The summed E-state index contributed by atoms with van der Waals surface area (Å²) in [5.41, 5.74) is 2.12. The first kappa shape index (κ1) is 17.2. The van der Waals surface area contributed by atoms with Crippen molar-refractivity contribution >= 4 is 17.3 Å². The predicted octanol–water partition coefficient (Wildman–Crippen LogP) is 3.64. The van der Waals surface area contributed by atoms with E-state index >= 15 is 0 Å². The second kappa shape index (κ2) is 6.63. The predicted molar refractivity (Wildman–Crippen MR) is 107 cm³/mol. The van der Waals surface area contributed by atoms with Crippen molar-refractivity contribution in [3.63, 3.8) is 0 Å². The third-order valence-electron chi connectivity index (χ3n) is 5.07. The van der Waals surface area contributed by atoms with Gasteiger partial charge in [-0.25, -0.2) is 0 Å². The number of aromatic hydroxyl groups is 2. The van der Waals surface area contributed by atoms with E-state index in [4.69, 9.17) is 9.47 Å². The lowest BCUT2D eigenvalue weighted by Crippen LogP contribution is -2.43. The molecule has 146 valence electrons. The van der Waals surface area contributed by atoms with Gasteiger partial charge in [0.15, 0.2) is 23.0 Å². The van der Waals surface area contributed by atoms with Gasteiger partial charge in [-0.2, -0.15) is 0 Å². The van der Waals surface area contributed by atoms with Gasteiger partial charge in [-0.15, -0.1) is 0 Å². The highest BCUT2D eigenvalue weighted by atomic mass is 16.6. The molecule has 2 aliphatic heterocycles. The zero-order chi connectivity index (χ0) is 20.0. The number of benzene rings is 3. The highest BCUT2D eigenvalue weighted by Gasteiger charge is 2.36. The Morgan fingerprint density at radius 2 is 1.72 bits per heavy atom. The molecule has 1 atom stereocenters. The molecule has 0 unspecified atom stereocenters. The van der Waals surface area contributed by atoms with Crippen molar-refractivity contribution in [2.75, 3.05) is 23.4 Å². The van der Waals surface area contributed by atoms with Crippen LogP contribution >= 0.6 is 0 Å². The third-order valence-corrected chi connectivity index (χ3v) is 5.07. The molecular weight excluding hydrogens is 372 g/mol. The summed E-state index contributed by atoms with van der Waals surface area (Å²) < 4.78 is 11.2. The van der Waals surface area contributed by atoms with Crippen molar-refractivity contribution in [1.29, 1.82) is 0 Å². The summed E-state index contributed by atoms with van der Waals surface area (Å²) in [5, 5.41) is 23.8. The van der Waals surface area contributed by atoms with Crippen LogP contribution in [0.25, 0.3) is 0 Å². The van der Waals surface area contributed by atoms with Crippen LogP contribution in [0.2, 0.25) is 0 Å². The molecule has 29 heavy (non-hydrogen) atoms. The molecule has 2 aliphatic rings. The highest BCUT2D eigenvalue weighted by molar-refractivity contribution is 6.12. The number of rotatable bonds is 2. The van der Waals surface area contributed by atoms with E-state index in [0.29, 0.717) is 47.2 Å². The van der Waals surface area contributed by atoms with Crippen LogP contribution in [0.1, 0.15) is 22.1 Å². The zero-order valence-electron chi connectivity index (χ0n) is 15.3. The largest absolute Gasteiger partial charge is 0.504 e. The number of amides is 1. The average Bonchev–Trinajstić information content (AvgIpc) is 2.75. The summed E-state index contributed by atoms with van der Waals surface area (Å²) in [5.74, 6) is 0.412. The minimum absolute atomic E-state index is 0.233. The lowest BCUT2D eigenvalue weighted by atomic mass is 10.0. The van der Waals surface area contributed by atoms with Gasteiger partial charge >= 0.3 is 0 Å². The molecule has 3 aromatic carbocycles. The number of ether oxygens (including phenoxy) is 2. The fourth-order valence-corrected chi connectivity index (χ4v) is 3.69. The number of phenolic OH excluding ortho intramolecular Hbond substituents is 2. The van der Waals surface area contributed by atoms with E-state index < -0.39 is 6.17 Å². The number of carbonyl (C=O) groups is 1. The molecule has 1 amide bonds. The molecule has 0 saturated carbocycles. The van der Waals surface area contributed by atoms with E-state index in [2.05, 4.69) is 5.32 Å². The van der Waals surface area contributed by atoms with Gasteiger partial charge in [0.1, 0.15) is 19.4 Å².